The predicted molar refractivity (Wildman–Crippen MR) is 69.4 cm³/mol. The van der Waals surface area contributed by atoms with Crippen LogP contribution in [-0.2, 0) is 6.54 Å². The first-order chi connectivity index (χ1) is 9.42. The van der Waals surface area contributed by atoms with Gasteiger partial charge in [0, 0.05) is 18.9 Å². The second-order valence-electron chi connectivity index (χ2n) is 4.30. The van der Waals surface area contributed by atoms with E-state index in [-0.39, 0.29) is 5.75 Å². The molecule has 0 atom stereocenters. The Morgan fingerprint density at radius 2 is 1.85 bits per heavy atom. The molecule has 1 N–H and O–H groups in total. The summed E-state index contributed by atoms with van der Waals surface area (Å²) >= 11 is 0. The summed E-state index contributed by atoms with van der Waals surface area (Å²) in [6.45, 7) is 2.43. The highest BCUT2D eigenvalue weighted by Gasteiger charge is 2.30. The van der Waals surface area contributed by atoms with E-state index in [1.165, 1.54) is 12.1 Å². The van der Waals surface area contributed by atoms with Gasteiger partial charge < -0.3 is 10.1 Å². The molecule has 0 amide bonds. The van der Waals surface area contributed by atoms with Gasteiger partial charge in [-0.25, -0.2) is 0 Å². The first kappa shape index (κ1) is 14.2. The topological polar surface area (TPSA) is 34.2 Å². The van der Waals surface area contributed by atoms with Crippen molar-refractivity contribution in [2.75, 3.05) is 5.32 Å². The first-order valence-electron chi connectivity index (χ1n) is 5.92. The minimum absolute atomic E-state index is 0.224. The minimum atomic E-state index is -4.66. The lowest BCUT2D eigenvalue weighted by Gasteiger charge is -2.10. The van der Waals surface area contributed by atoms with E-state index in [9.17, 15) is 13.2 Å². The number of aryl methyl sites for hydroxylation is 1. The maximum Gasteiger partial charge on any atom is 0.573 e. The van der Waals surface area contributed by atoms with Crippen LogP contribution in [0.5, 0.6) is 5.75 Å². The number of aromatic nitrogens is 1. The predicted octanol–water partition coefficient (Wildman–Crippen LogP) is 3.90. The molecule has 0 radical (unpaired) electrons. The van der Waals surface area contributed by atoms with E-state index in [0.29, 0.717) is 6.54 Å². The van der Waals surface area contributed by atoms with Crippen molar-refractivity contribution in [3.05, 3.63) is 53.9 Å². The lowest BCUT2D eigenvalue weighted by Crippen LogP contribution is -2.17. The van der Waals surface area contributed by atoms with Crippen molar-refractivity contribution in [1.29, 1.82) is 0 Å². The number of benzene rings is 1. The third kappa shape index (κ3) is 4.46. The van der Waals surface area contributed by atoms with E-state index >= 15 is 0 Å². The number of anilines is 1. The zero-order valence-corrected chi connectivity index (χ0v) is 10.7. The number of alkyl halides is 3. The summed E-state index contributed by atoms with van der Waals surface area (Å²) in [7, 11) is 0. The number of rotatable bonds is 4. The molecule has 2 rings (SSSR count). The average Bonchev–Trinajstić information content (AvgIpc) is 2.36. The van der Waals surface area contributed by atoms with Gasteiger partial charge in [-0.05, 0) is 36.2 Å². The lowest BCUT2D eigenvalue weighted by molar-refractivity contribution is -0.274. The summed E-state index contributed by atoms with van der Waals surface area (Å²) in [6.07, 6.45) is -1.23. The van der Waals surface area contributed by atoms with Crippen LogP contribution in [0.1, 0.15) is 11.1 Å². The summed E-state index contributed by atoms with van der Waals surface area (Å²) in [5.41, 5.74) is 2.74. The molecular formula is C14H13F3N2O. The zero-order valence-electron chi connectivity index (χ0n) is 10.7. The molecule has 0 saturated carbocycles. The average molecular weight is 282 g/mol. The van der Waals surface area contributed by atoms with E-state index in [0.717, 1.165) is 16.8 Å². The fourth-order valence-corrected chi connectivity index (χ4v) is 1.66. The third-order valence-corrected chi connectivity index (χ3v) is 2.53. The largest absolute Gasteiger partial charge is 0.573 e. The van der Waals surface area contributed by atoms with Crippen LogP contribution in [0.4, 0.5) is 18.9 Å². The molecule has 1 heterocycles. The molecule has 0 aliphatic heterocycles. The third-order valence-electron chi connectivity index (χ3n) is 2.53. The Bertz CT molecular complexity index is 567. The quantitative estimate of drug-likeness (QED) is 0.923. The van der Waals surface area contributed by atoms with Gasteiger partial charge in [0.1, 0.15) is 5.75 Å². The second-order valence-corrected chi connectivity index (χ2v) is 4.30. The van der Waals surface area contributed by atoms with Crippen molar-refractivity contribution in [1.82, 2.24) is 4.98 Å². The van der Waals surface area contributed by atoms with E-state index < -0.39 is 6.36 Å². The molecule has 2 aromatic rings. The number of nitrogens with zero attached hydrogens (tertiary/aromatic N) is 1. The minimum Gasteiger partial charge on any atom is -0.406 e. The number of pyridine rings is 1. The number of ether oxygens (including phenoxy) is 1. The van der Waals surface area contributed by atoms with E-state index in [1.54, 1.807) is 24.5 Å². The van der Waals surface area contributed by atoms with Gasteiger partial charge in [-0.3, -0.25) is 4.98 Å². The standard InChI is InChI=1S/C14H13F3N2O/c1-10-6-12(9-18-7-10)19-8-11-2-4-13(5-3-11)20-14(15,16)17/h2-7,9,19H,8H2,1H3. The van der Waals surface area contributed by atoms with Gasteiger partial charge in [0.2, 0.25) is 0 Å². The molecule has 106 valence electrons. The Morgan fingerprint density at radius 1 is 1.15 bits per heavy atom. The molecule has 6 heteroatoms. The van der Waals surface area contributed by atoms with E-state index in [2.05, 4.69) is 15.0 Å². The normalized spacial score (nSPS) is 11.2. The summed E-state index contributed by atoms with van der Waals surface area (Å²) in [5, 5.41) is 3.14. The number of hydrogen-bond donors (Lipinski definition) is 1. The van der Waals surface area contributed by atoms with Crippen LogP contribution in [0.3, 0.4) is 0 Å². The van der Waals surface area contributed by atoms with Gasteiger partial charge in [0.15, 0.2) is 0 Å². The van der Waals surface area contributed by atoms with E-state index in [1.807, 2.05) is 13.0 Å². The molecule has 0 bridgehead atoms. The smallest absolute Gasteiger partial charge is 0.406 e. The molecule has 0 aliphatic rings. The number of nitrogens with one attached hydrogen (secondary N) is 1. The lowest BCUT2D eigenvalue weighted by atomic mass is 10.2. The molecule has 1 aromatic heterocycles. The molecule has 3 nitrogen and oxygen atoms in total. The molecule has 0 saturated heterocycles. The Balaban J connectivity index is 1.94. The van der Waals surface area contributed by atoms with Crippen LogP contribution in [0.15, 0.2) is 42.7 Å². The van der Waals surface area contributed by atoms with Crippen molar-refractivity contribution in [3.63, 3.8) is 0 Å². The number of hydrogen-bond acceptors (Lipinski definition) is 3. The molecular weight excluding hydrogens is 269 g/mol. The van der Waals surface area contributed by atoms with Crippen molar-refractivity contribution < 1.29 is 17.9 Å². The van der Waals surface area contributed by atoms with E-state index in [4.69, 9.17) is 0 Å². The van der Waals surface area contributed by atoms with Gasteiger partial charge in [0.05, 0.1) is 5.69 Å². The first-order valence-corrected chi connectivity index (χ1v) is 5.92. The maximum absolute atomic E-state index is 12.0. The highest BCUT2D eigenvalue weighted by atomic mass is 19.4. The Morgan fingerprint density at radius 3 is 2.45 bits per heavy atom. The van der Waals surface area contributed by atoms with Crippen LogP contribution < -0.4 is 10.1 Å². The Kier molecular flexibility index (Phi) is 4.12. The number of halogens is 3. The highest BCUT2D eigenvalue weighted by Crippen LogP contribution is 2.23. The van der Waals surface area contributed by atoms with Crippen LogP contribution >= 0.6 is 0 Å². The van der Waals surface area contributed by atoms with Crippen molar-refractivity contribution in [2.24, 2.45) is 0 Å². The van der Waals surface area contributed by atoms with Gasteiger partial charge in [-0.15, -0.1) is 13.2 Å². The van der Waals surface area contributed by atoms with Gasteiger partial charge >= 0.3 is 6.36 Å². The highest BCUT2D eigenvalue weighted by molar-refractivity contribution is 5.43. The summed E-state index contributed by atoms with van der Waals surface area (Å²) in [4.78, 5) is 4.04. The Hall–Kier alpha value is -2.24. The fraction of sp³-hybridized carbons (Fsp3) is 0.214. The monoisotopic (exact) mass is 282 g/mol. The fourth-order valence-electron chi connectivity index (χ4n) is 1.66. The van der Waals surface area contributed by atoms with Crippen molar-refractivity contribution in [2.45, 2.75) is 19.8 Å². The van der Waals surface area contributed by atoms with Crippen LogP contribution in [0.2, 0.25) is 0 Å². The summed E-state index contributed by atoms with van der Waals surface area (Å²) in [5.74, 6) is -0.224. The van der Waals surface area contributed by atoms with Crippen molar-refractivity contribution >= 4 is 5.69 Å². The maximum atomic E-state index is 12.0. The summed E-state index contributed by atoms with van der Waals surface area (Å²) in [6, 6.07) is 7.68. The van der Waals surface area contributed by atoms with Crippen LogP contribution in [0.25, 0.3) is 0 Å². The molecule has 0 unspecified atom stereocenters. The molecule has 0 fully saturated rings. The second kappa shape index (κ2) is 5.81. The Labute approximate surface area is 114 Å². The molecule has 0 spiro atoms. The van der Waals surface area contributed by atoms with Gasteiger partial charge in [-0.2, -0.15) is 0 Å². The van der Waals surface area contributed by atoms with Gasteiger partial charge in [0.25, 0.3) is 0 Å². The zero-order chi connectivity index (χ0) is 14.6. The van der Waals surface area contributed by atoms with Crippen LogP contribution in [0, 0.1) is 6.92 Å². The molecule has 0 aliphatic carbocycles. The van der Waals surface area contributed by atoms with Gasteiger partial charge in [-0.1, -0.05) is 12.1 Å². The molecule has 20 heavy (non-hydrogen) atoms. The SMILES string of the molecule is Cc1cncc(NCc2ccc(OC(F)(F)F)cc2)c1. The van der Waals surface area contributed by atoms with Crippen LogP contribution in [-0.4, -0.2) is 11.3 Å². The summed E-state index contributed by atoms with van der Waals surface area (Å²) < 4.78 is 39.8. The van der Waals surface area contributed by atoms with Crippen molar-refractivity contribution in [3.8, 4) is 5.75 Å². The molecule has 1 aromatic carbocycles.